The molecule has 8 heteroatoms. The van der Waals surface area contributed by atoms with Crippen molar-refractivity contribution in [3.63, 3.8) is 0 Å². The molecule has 0 spiro atoms. The van der Waals surface area contributed by atoms with E-state index < -0.39 is 0 Å². The third kappa shape index (κ3) is 4.06. The first-order valence-corrected chi connectivity index (χ1v) is 10.9. The average Bonchev–Trinajstić information content (AvgIpc) is 3.08. The van der Waals surface area contributed by atoms with Crippen molar-refractivity contribution in [1.82, 2.24) is 14.8 Å². The number of hydrogen-bond donors (Lipinski definition) is 1. The molecule has 0 aliphatic carbocycles. The molecular formula is C22H19BrN4O2S. The smallest absolute Gasteiger partial charge is 0.294 e. The number of anilines is 1. The Morgan fingerprint density at radius 3 is 2.57 bits per heavy atom. The van der Waals surface area contributed by atoms with Crippen LogP contribution in [0, 0.1) is 20.8 Å². The monoisotopic (exact) mass is 482 g/mol. The first-order valence-electron chi connectivity index (χ1n) is 9.33. The first-order chi connectivity index (χ1) is 14.3. The number of carbonyl (C=O) groups excluding carboxylic acids is 1. The highest BCUT2D eigenvalue weighted by Crippen LogP contribution is 2.31. The molecule has 0 bridgehead atoms. The number of thiazole rings is 1. The van der Waals surface area contributed by atoms with E-state index in [1.807, 2.05) is 45.0 Å². The minimum atomic E-state index is -0.367. The molecule has 0 saturated carbocycles. The Morgan fingerprint density at radius 1 is 1.13 bits per heavy atom. The Morgan fingerprint density at radius 2 is 1.87 bits per heavy atom. The second kappa shape index (κ2) is 8.12. The lowest BCUT2D eigenvalue weighted by atomic mass is 10.0. The van der Waals surface area contributed by atoms with Gasteiger partial charge in [-0.25, -0.2) is 9.67 Å². The van der Waals surface area contributed by atoms with Crippen molar-refractivity contribution in [2.45, 2.75) is 27.3 Å². The summed E-state index contributed by atoms with van der Waals surface area (Å²) in [5, 5.41) is 8.16. The summed E-state index contributed by atoms with van der Waals surface area (Å²) in [6, 6.07) is 13.3. The maximum Gasteiger partial charge on any atom is 0.294 e. The van der Waals surface area contributed by atoms with Crippen LogP contribution in [0.15, 0.2) is 51.7 Å². The molecule has 0 unspecified atom stereocenters. The summed E-state index contributed by atoms with van der Waals surface area (Å²) in [5.41, 5.74) is 4.43. The molecule has 152 valence electrons. The summed E-state index contributed by atoms with van der Waals surface area (Å²) in [5.74, 6) is -0.329. The number of fused-ring (bicyclic) bond motifs is 1. The highest BCUT2D eigenvalue weighted by atomic mass is 79.9. The van der Waals surface area contributed by atoms with Gasteiger partial charge in [0.15, 0.2) is 5.52 Å². The predicted molar refractivity (Wildman–Crippen MR) is 124 cm³/mol. The van der Waals surface area contributed by atoms with Gasteiger partial charge < -0.3 is 5.32 Å². The Labute approximate surface area is 185 Å². The highest BCUT2D eigenvalue weighted by Gasteiger charge is 2.19. The van der Waals surface area contributed by atoms with Crippen molar-refractivity contribution in [3.8, 4) is 11.3 Å². The zero-order valence-electron chi connectivity index (χ0n) is 16.7. The molecule has 0 aliphatic heterocycles. The molecule has 0 aliphatic rings. The van der Waals surface area contributed by atoms with Gasteiger partial charge in [0.05, 0.1) is 9.71 Å². The molecule has 0 radical (unpaired) electrons. The van der Waals surface area contributed by atoms with Gasteiger partial charge in [0.25, 0.3) is 5.56 Å². The molecule has 6 nitrogen and oxygen atoms in total. The van der Waals surface area contributed by atoms with Gasteiger partial charge in [-0.05, 0) is 50.6 Å². The lowest BCUT2D eigenvalue weighted by Crippen LogP contribution is -2.30. The molecule has 1 amide bonds. The maximum atomic E-state index is 13.0. The van der Waals surface area contributed by atoms with Crippen molar-refractivity contribution >= 4 is 49.1 Å². The average molecular weight is 483 g/mol. The van der Waals surface area contributed by atoms with Crippen molar-refractivity contribution in [2.75, 3.05) is 5.32 Å². The number of hydrogen-bond acceptors (Lipinski definition) is 5. The van der Waals surface area contributed by atoms with Gasteiger partial charge in [-0.1, -0.05) is 39.7 Å². The highest BCUT2D eigenvalue weighted by molar-refractivity contribution is 9.10. The summed E-state index contributed by atoms with van der Waals surface area (Å²) >= 11 is 4.81. The number of nitrogens with zero attached hydrogens (tertiary/aromatic N) is 3. The van der Waals surface area contributed by atoms with Crippen LogP contribution in [0.1, 0.15) is 16.1 Å². The maximum absolute atomic E-state index is 13.0. The summed E-state index contributed by atoms with van der Waals surface area (Å²) < 4.78 is 2.86. The fourth-order valence-corrected chi connectivity index (χ4v) is 4.47. The van der Waals surface area contributed by atoms with Crippen LogP contribution in [0.3, 0.4) is 0 Å². The molecule has 2 aromatic heterocycles. The SMILES string of the molecule is Cc1ccc(-c2nn(CC(=O)Nc3ccc(Br)cc3)c(=O)c3nc(C)sc23)c(C)c1. The van der Waals surface area contributed by atoms with E-state index in [0.29, 0.717) is 16.9 Å². The summed E-state index contributed by atoms with van der Waals surface area (Å²) in [4.78, 5) is 30.0. The molecular weight excluding hydrogens is 464 g/mol. The molecule has 0 fully saturated rings. The number of amides is 1. The number of halogens is 1. The fourth-order valence-electron chi connectivity index (χ4n) is 3.30. The van der Waals surface area contributed by atoms with Gasteiger partial charge in [0, 0.05) is 15.7 Å². The first kappa shape index (κ1) is 20.4. The van der Waals surface area contributed by atoms with E-state index in [9.17, 15) is 9.59 Å². The van der Waals surface area contributed by atoms with Gasteiger partial charge in [-0.15, -0.1) is 11.3 Å². The largest absolute Gasteiger partial charge is 0.324 e. The third-order valence-corrected chi connectivity index (χ3v) is 6.17. The van der Waals surface area contributed by atoms with Crippen LogP contribution >= 0.6 is 27.3 Å². The number of nitrogens with one attached hydrogen (secondary N) is 1. The Bertz CT molecular complexity index is 1330. The van der Waals surface area contributed by atoms with Crippen molar-refractivity contribution in [3.05, 3.63) is 73.4 Å². The molecule has 0 saturated heterocycles. The second-order valence-corrected chi connectivity index (χ2v) is 9.21. The van der Waals surface area contributed by atoms with Crippen molar-refractivity contribution in [2.24, 2.45) is 0 Å². The third-order valence-electron chi connectivity index (χ3n) is 4.67. The zero-order chi connectivity index (χ0) is 21.4. The number of benzene rings is 2. The summed E-state index contributed by atoms with van der Waals surface area (Å²) in [7, 11) is 0. The van der Waals surface area contributed by atoms with Crippen LogP contribution in [-0.2, 0) is 11.3 Å². The van der Waals surface area contributed by atoms with Crippen LogP contribution in [0.25, 0.3) is 21.5 Å². The van der Waals surface area contributed by atoms with Crippen LogP contribution in [0.5, 0.6) is 0 Å². The molecule has 4 aromatic rings. The van der Waals surface area contributed by atoms with Crippen LogP contribution in [-0.4, -0.2) is 20.7 Å². The normalized spacial score (nSPS) is 11.1. The van der Waals surface area contributed by atoms with Gasteiger partial charge in [0.1, 0.15) is 12.2 Å². The summed E-state index contributed by atoms with van der Waals surface area (Å²) in [6.07, 6.45) is 0. The number of carbonyl (C=O) groups is 1. The van der Waals surface area contributed by atoms with Crippen molar-refractivity contribution < 1.29 is 4.79 Å². The quantitative estimate of drug-likeness (QED) is 0.451. The Balaban J connectivity index is 1.76. The molecule has 0 atom stereocenters. The number of aryl methyl sites for hydroxylation is 3. The van der Waals surface area contributed by atoms with E-state index in [1.54, 1.807) is 12.1 Å². The minimum absolute atomic E-state index is 0.195. The van der Waals surface area contributed by atoms with Crippen molar-refractivity contribution in [1.29, 1.82) is 0 Å². The van der Waals surface area contributed by atoms with E-state index in [-0.39, 0.29) is 18.0 Å². The number of rotatable bonds is 4. The van der Waals surface area contributed by atoms with Crippen LogP contribution < -0.4 is 10.9 Å². The fraction of sp³-hybridized carbons (Fsp3) is 0.182. The van der Waals surface area contributed by atoms with Gasteiger partial charge in [0.2, 0.25) is 5.91 Å². The van der Waals surface area contributed by atoms with E-state index in [2.05, 4.69) is 37.4 Å². The van der Waals surface area contributed by atoms with Gasteiger partial charge in [-0.3, -0.25) is 9.59 Å². The number of aromatic nitrogens is 3. The summed E-state index contributed by atoms with van der Waals surface area (Å²) in [6.45, 7) is 5.71. The van der Waals surface area contributed by atoms with E-state index >= 15 is 0 Å². The van der Waals surface area contributed by atoms with Gasteiger partial charge >= 0.3 is 0 Å². The lowest BCUT2D eigenvalue weighted by molar-refractivity contribution is -0.117. The molecule has 1 N–H and O–H groups in total. The second-order valence-electron chi connectivity index (χ2n) is 7.10. The molecule has 4 rings (SSSR count). The standard InChI is InChI=1S/C22H19BrN4O2S/c1-12-4-9-17(13(2)10-12)19-21-20(24-14(3)30-21)22(29)27(26-19)11-18(28)25-16-7-5-15(23)6-8-16/h4-10H,11H2,1-3H3,(H,25,28). The molecule has 2 heterocycles. The van der Waals surface area contributed by atoms with E-state index in [1.165, 1.54) is 16.0 Å². The topological polar surface area (TPSA) is 76.9 Å². The Hall–Kier alpha value is -2.84. The molecule has 2 aromatic carbocycles. The Kier molecular flexibility index (Phi) is 5.53. The zero-order valence-corrected chi connectivity index (χ0v) is 19.1. The van der Waals surface area contributed by atoms with E-state index in [4.69, 9.17) is 0 Å². The van der Waals surface area contributed by atoms with Crippen LogP contribution in [0.4, 0.5) is 5.69 Å². The lowest BCUT2D eigenvalue weighted by Gasteiger charge is -2.11. The van der Waals surface area contributed by atoms with E-state index in [0.717, 1.165) is 30.9 Å². The van der Waals surface area contributed by atoms with Crippen LogP contribution in [0.2, 0.25) is 0 Å². The van der Waals surface area contributed by atoms with Gasteiger partial charge in [-0.2, -0.15) is 5.10 Å². The minimum Gasteiger partial charge on any atom is -0.324 e. The predicted octanol–water partition coefficient (Wildman–Crippen LogP) is 4.85. The molecule has 30 heavy (non-hydrogen) atoms.